The molecule has 0 spiro atoms. The average Bonchev–Trinajstić information content (AvgIpc) is 3.45. The van der Waals surface area contributed by atoms with Gasteiger partial charge in [-0.05, 0) is 30.3 Å². The number of rotatable bonds is 3. The zero-order valence-electron chi connectivity index (χ0n) is 16.7. The maximum absolute atomic E-state index is 13.1. The summed E-state index contributed by atoms with van der Waals surface area (Å²) in [5.74, 6) is 1.25. The summed E-state index contributed by atoms with van der Waals surface area (Å²) in [7, 11) is 2.06. The smallest absolute Gasteiger partial charge is 0.290 e. The number of hydrogen-bond acceptors (Lipinski definition) is 7. The van der Waals surface area contributed by atoms with Crippen LogP contribution in [0.4, 0.5) is 0 Å². The van der Waals surface area contributed by atoms with Gasteiger partial charge in [-0.15, -0.1) is 12.4 Å². The number of likely N-dealkylation sites (N-methyl/N-ethyl adjacent to an activating group) is 1. The van der Waals surface area contributed by atoms with Crippen molar-refractivity contribution in [2.45, 2.75) is 25.0 Å². The van der Waals surface area contributed by atoms with Crippen LogP contribution < -0.4 is 5.32 Å². The van der Waals surface area contributed by atoms with E-state index in [1.807, 2.05) is 12.1 Å². The third-order valence-corrected chi connectivity index (χ3v) is 5.79. The highest BCUT2D eigenvalue weighted by atomic mass is 35.5. The van der Waals surface area contributed by atoms with Crippen LogP contribution >= 0.6 is 12.4 Å². The van der Waals surface area contributed by atoms with E-state index in [4.69, 9.17) is 13.9 Å². The zero-order chi connectivity index (χ0) is 19.8. The molecular weight excluding hydrogens is 406 g/mol. The van der Waals surface area contributed by atoms with Crippen LogP contribution in [0.2, 0.25) is 0 Å². The molecule has 0 radical (unpaired) electrons. The van der Waals surface area contributed by atoms with Crippen LogP contribution in [0.1, 0.15) is 45.5 Å². The summed E-state index contributed by atoms with van der Waals surface area (Å²) >= 11 is 0. The minimum absolute atomic E-state index is 0. The van der Waals surface area contributed by atoms with Crippen molar-refractivity contribution in [3.63, 3.8) is 0 Å². The first-order valence-corrected chi connectivity index (χ1v) is 9.86. The Morgan fingerprint density at radius 1 is 1.17 bits per heavy atom. The summed E-state index contributed by atoms with van der Waals surface area (Å²) in [6.45, 7) is 3.12. The lowest BCUT2D eigenvalue weighted by Crippen LogP contribution is -2.44. The quantitative estimate of drug-likeness (QED) is 0.684. The molecule has 2 aromatic heterocycles. The molecule has 158 valence electrons. The summed E-state index contributed by atoms with van der Waals surface area (Å²) in [5, 5.41) is 7.62. The van der Waals surface area contributed by atoms with Crippen molar-refractivity contribution in [3.05, 3.63) is 71.3 Å². The Hall–Kier alpha value is -2.68. The molecule has 2 aliphatic rings. The van der Waals surface area contributed by atoms with Crippen LogP contribution in [0.25, 0.3) is 0 Å². The molecule has 30 heavy (non-hydrogen) atoms. The summed E-state index contributed by atoms with van der Waals surface area (Å²) in [4.78, 5) is 21.8. The van der Waals surface area contributed by atoms with Crippen LogP contribution in [-0.2, 0) is 13.0 Å². The maximum atomic E-state index is 13.1. The highest BCUT2D eigenvalue weighted by molar-refractivity contribution is 5.91. The molecule has 2 aliphatic heterocycles. The average molecular weight is 430 g/mol. The molecule has 1 saturated heterocycles. The number of piperazine rings is 1. The van der Waals surface area contributed by atoms with Gasteiger partial charge in [0.1, 0.15) is 6.04 Å². The number of furan rings is 1. The predicted octanol–water partition coefficient (Wildman–Crippen LogP) is 2.60. The molecule has 0 bridgehead atoms. The van der Waals surface area contributed by atoms with E-state index < -0.39 is 0 Å². The fourth-order valence-corrected chi connectivity index (χ4v) is 4.11. The van der Waals surface area contributed by atoms with Gasteiger partial charge < -0.3 is 19.2 Å². The molecule has 2 unspecified atom stereocenters. The lowest BCUT2D eigenvalue weighted by atomic mass is 9.93. The second-order valence-corrected chi connectivity index (χ2v) is 7.59. The van der Waals surface area contributed by atoms with E-state index in [2.05, 4.69) is 34.6 Å². The summed E-state index contributed by atoms with van der Waals surface area (Å²) < 4.78 is 11.0. The van der Waals surface area contributed by atoms with Crippen LogP contribution in [0.5, 0.6) is 0 Å². The van der Waals surface area contributed by atoms with Gasteiger partial charge in [-0.3, -0.25) is 9.69 Å². The van der Waals surface area contributed by atoms with Gasteiger partial charge in [0.2, 0.25) is 5.89 Å². The minimum atomic E-state index is -0.328. The highest BCUT2D eigenvalue weighted by Crippen LogP contribution is 2.34. The lowest BCUT2D eigenvalue weighted by molar-refractivity contribution is 0.0562. The number of carbonyl (C=O) groups excluding carboxylic acids is 1. The number of aromatic nitrogens is 2. The van der Waals surface area contributed by atoms with Crippen molar-refractivity contribution in [1.29, 1.82) is 0 Å². The van der Waals surface area contributed by atoms with Crippen molar-refractivity contribution in [3.8, 4) is 0 Å². The standard InChI is InChI=1S/C21H23N5O3.ClH/c1-25-9-8-22-12-17(25)19-23-20(29-24-19)16-11-14-5-2-3-6-15(14)13-26(16)21(27)18-7-4-10-28-18;/h2-7,10,16-17,22H,8-9,11-13H2,1H3;1H. The van der Waals surface area contributed by atoms with E-state index in [9.17, 15) is 4.79 Å². The maximum Gasteiger partial charge on any atom is 0.290 e. The lowest BCUT2D eigenvalue weighted by Gasteiger charge is -2.34. The van der Waals surface area contributed by atoms with E-state index in [1.165, 1.54) is 11.8 Å². The number of fused-ring (bicyclic) bond motifs is 1. The molecule has 5 rings (SSSR count). The van der Waals surface area contributed by atoms with E-state index in [0.717, 1.165) is 25.2 Å². The fraction of sp³-hybridized carbons (Fsp3) is 0.381. The first-order chi connectivity index (χ1) is 14.2. The van der Waals surface area contributed by atoms with E-state index >= 15 is 0 Å². The van der Waals surface area contributed by atoms with Gasteiger partial charge in [0, 0.05) is 32.6 Å². The molecule has 1 amide bonds. The molecule has 3 aromatic rings. The Bertz CT molecular complexity index is 1010. The van der Waals surface area contributed by atoms with Gasteiger partial charge in [-0.1, -0.05) is 29.4 Å². The Kier molecular flexibility index (Phi) is 5.90. The normalized spacial score (nSPS) is 21.7. The van der Waals surface area contributed by atoms with Gasteiger partial charge in [-0.25, -0.2) is 0 Å². The Labute approximate surface area is 180 Å². The number of nitrogens with one attached hydrogen (secondary N) is 1. The van der Waals surface area contributed by atoms with Crippen LogP contribution in [-0.4, -0.2) is 52.5 Å². The van der Waals surface area contributed by atoms with Gasteiger partial charge in [-0.2, -0.15) is 4.98 Å². The van der Waals surface area contributed by atoms with Crippen molar-refractivity contribution in [2.24, 2.45) is 0 Å². The topological polar surface area (TPSA) is 87.6 Å². The molecule has 1 aromatic carbocycles. The summed E-state index contributed by atoms with van der Waals surface area (Å²) in [6, 6.07) is 11.3. The third kappa shape index (κ3) is 3.74. The molecule has 4 heterocycles. The second kappa shape index (κ2) is 8.59. The molecule has 2 atom stereocenters. The minimum Gasteiger partial charge on any atom is -0.459 e. The second-order valence-electron chi connectivity index (χ2n) is 7.59. The first kappa shape index (κ1) is 20.6. The number of amides is 1. The number of hydrogen-bond donors (Lipinski definition) is 1. The third-order valence-electron chi connectivity index (χ3n) is 5.79. The van der Waals surface area contributed by atoms with E-state index in [0.29, 0.717) is 30.4 Å². The molecule has 9 heteroatoms. The van der Waals surface area contributed by atoms with Crippen molar-refractivity contribution in [1.82, 2.24) is 25.3 Å². The van der Waals surface area contributed by atoms with Gasteiger partial charge in [0.25, 0.3) is 5.91 Å². The first-order valence-electron chi connectivity index (χ1n) is 9.86. The zero-order valence-corrected chi connectivity index (χ0v) is 17.5. The van der Waals surface area contributed by atoms with Gasteiger partial charge >= 0.3 is 0 Å². The fourth-order valence-electron chi connectivity index (χ4n) is 4.11. The van der Waals surface area contributed by atoms with Crippen molar-refractivity contribution in [2.75, 3.05) is 26.7 Å². The van der Waals surface area contributed by atoms with Crippen LogP contribution in [0.15, 0.2) is 51.6 Å². The van der Waals surface area contributed by atoms with Crippen molar-refractivity contribution >= 4 is 18.3 Å². The number of halogens is 1. The highest BCUT2D eigenvalue weighted by Gasteiger charge is 2.37. The number of benzene rings is 1. The van der Waals surface area contributed by atoms with E-state index in [-0.39, 0.29) is 30.4 Å². The molecule has 1 N–H and O–H groups in total. The molecular formula is C21H24ClN5O3. The summed E-state index contributed by atoms with van der Waals surface area (Å²) in [5.41, 5.74) is 2.32. The molecule has 8 nitrogen and oxygen atoms in total. The summed E-state index contributed by atoms with van der Waals surface area (Å²) in [6.07, 6.45) is 2.14. The SMILES string of the molecule is CN1CCNCC1c1noc(C2Cc3ccccc3CN2C(=O)c2ccco2)n1.Cl. The molecule has 0 saturated carbocycles. The number of nitrogens with zero attached hydrogens (tertiary/aromatic N) is 4. The van der Waals surface area contributed by atoms with Crippen LogP contribution in [0, 0.1) is 0 Å². The molecule has 0 aliphatic carbocycles. The van der Waals surface area contributed by atoms with Gasteiger partial charge in [0.15, 0.2) is 11.6 Å². The van der Waals surface area contributed by atoms with Crippen LogP contribution in [0.3, 0.4) is 0 Å². The largest absolute Gasteiger partial charge is 0.459 e. The van der Waals surface area contributed by atoms with Crippen molar-refractivity contribution < 1.29 is 13.7 Å². The van der Waals surface area contributed by atoms with E-state index in [1.54, 1.807) is 17.0 Å². The Morgan fingerprint density at radius 3 is 2.77 bits per heavy atom. The molecule has 1 fully saturated rings. The predicted molar refractivity (Wildman–Crippen MR) is 111 cm³/mol. The Morgan fingerprint density at radius 2 is 2.00 bits per heavy atom. The monoisotopic (exact) mass is 429 g/mol. The number of carbonyl (C=O) groups is 1. The Balaban J connectivity index is 0.00000218. The van der Waals surface area contributed by atoms with Gasteiger partial charge in [0.05, 0.1) is 12.3 Å².